The van der Waals surface area contributed by atoms with Crippen LogP contribution in [-0.4, -0.2) is 14.5 Å². The van der Waals surface area contributed by atoms with Crippen LogP contribution in [-0.2, 0) is 18.9 Å². The normalized spacial score (nSPS) is 12.0. The van der Waals surface area contributed by atoms with Crippen LogP contribution in [0.15, 0.2) is 51.7 Å². The molecule has 1 N–H and O–H groups in total. The maximum atomic E-state index is 13.4. The van der Waals surface area contributed by atoms with Gasteiger partial charge in [0.15, 0.2) is 5.69 Å². The number of rotatable bonds is 5. The fourth-order valence-electron chi connectivity index (χ4n) is 2.82. The van der Waals surface area contributed by atoms with Crippen LogP contribution < -0.4 is 10.9 Å². The average molecular weight is 572 g/mol. The smallest absolute Gasteiger partial charge is 0.320 e. The summed E-state index contributed by atoms with van der Waals surface area (Å²) in [6, 6.07) is 7.25. The minimum absolute atomic E-state index is 0.216. The highest BCUT2D eigenvalue weighted by molar-refractivity contribution is 9.10. The summed E-state index contributed by atoms with van der Waals surface area (Å²) in [6.45, 7) is -0.337. The summed E-state index contributed by atoms with van der Waals surface area (Å²) in [6.07, 6.45) is -9.99. The van der Waals surface area contributed by atoms with Crippen molar-refractivity contribution >= 4 is 44.9 Å². The van der Waals surface area contributed by atoms with Gasteiger partial charge in [0.1, 0.15) is 10.2 Å². The third-order valence-corrected chi connectivity index (χ3v) is 5.37. The Balaban J connectivity index is 2.20. The summed E-state index contributed by atoms with van der Waals surface area (Å²) >= 11 is 8.39. The Hall–Kier alpha value is -3.13. The lowest BCUT2D eigenvalue weighted by Crippen LogP contribution is -2.29. The number of alkyl halides is 6. The molecular formula is C19H10BrClF6N4O3. The van der Waals surface area contributed by atoms with E-state index in [9.17, 15) is 41.3 Å². The van der Waals surface area contributed by atoms with E-state index >= 15 is 0 Å². The summed E-state index contributed by atoms with van der Waals surface area (Å²) in [4.78, 5) is 26.3. The molecule has 1 aromatic heterocycles. The van der Waals surface area contributed by atoms with Gasteiger partial charge in [-0.25, -0.2) is 4.98 Å². The molecule has 1 heterocycles. The monoisotopic (exact) mass is 570 g/mol. The van der Waals surface area contributed by atoms with Gasteiger partial charge in [-0.15, -0.1) is 0 Å². The summed E-state index contributed by atoms with van der Waals surface area (Å²) in [7, 11) is 0. The first kappa shape index (κ1) is 25.5. The highest BCUT2D eigenvalue weighted by atomic mass is 79.9. The van der Waals surface area contributed by atoms with Gasteiger partial charge in [0.25, 0.3) is 11.2 Å². The van der Waals surface area contributed by atoms with Crippen LogP contribution in [0.5, 0.6) is 0 Å². The molecule has 0 aliphatic carbocycles. The number of nitrogens with zero attached hydrogens (tertiary/aromatic N) is 3. The zero-order valence-electron chi connectivity index (χ0n) is 16.3. The lowest BCUT2D eigenvalue weighted by Gasteiger charge is -2.18. The Morgan fingerprint density at radius 1 is 1.06 bits per heavy atom. The standard InChI is InChI=1S/C19H10BrClF6N4O3/c20-14-15(19(25,26)27)29-17(30(16(14)32)8-9-1-4-11(21)5-2-9)28-12-6-3-10(18(22,23)24)7-13(12)31(33)34/h1-7H,8H2,(H,28,29). The van der Waals surface area contributed by atoms with E-state index in [1.807, 2.05) is 0 Å². The third kappa shape index (κ3) is 5.50. The minimum atomic E-state index is -5.08. The van der Waals surface area contributed by atoms with E-state index in [-0.39, 0.29) is 12.6 Å². The van der Waals surface area contributed by atoms with Crippen molar-refractivity contribution in [1.29, 1.82) is 0 Å². The molecule has 0 atom stereocenters. The first-order valence-electron chi connectivity index (χ1n) is 8.93. The van der Waals surface area contributed by atoms with Crippen molar-refractivity contribution in [1.82, 2.24) is 9.55 Å². The molecule has 3 aromatic rings. The van der Waals surface area contributed by atoms with E-state index in [0.29, 0.717) is 22.7 Å². The number of nitrogens with one attached hydrogen (secondary N) is 1. The maximum Gasteiger partial charge on any atom is 0.434 e. The molecule has 0 spiro atoms. The van der Waals surface area contributed by atoms with Gasteiger partial charge >= 0.3 is 12.4 Å². The van der Waals surface area contributed by atoms with Crippen molar-refractivity contribution in [3.05, 3.63) is 89.2 Å². The minimum Gasteiger partial charge on any atom is -0.320 e. The molecule has 15 heteroatoms. The molecule has 0 bridgehead atoms. The molecule has 0 amide bonds. The molecule has 7 nitrogen and oxygen atoms in total. The van der Waals surface area contributed by atoms with Crippen LogP contribution in [0.2, 0.25) is 5.02 Å². The van der Waals surface area contributed by atoms with E-state index in [1.165, 1.54) is 24.3 Å². The number of halogens is 8. The van der Waals surface area contributed by atoms with Gasteiger partial charge in [0.2, 0.25) is 5.95 Å². The largest absolute Gasteiger partial charge is 0.434 e. The summed E-state index contributed by atoms with van der Waals surface area (Å²) < 4.78 is 79.0. The summed E-state index contributed by atoms with van der Waals surface area (Å²) in [5.41, 5.74) is -5.44. The van der Waals surface area contributed by atoms with E-state index in [2.05, 4.69) is 26.2 Å². The van der Waals surface area contributed by atoms with Crippen molar-refractivity contribution in [3.8, 4) is 0 Å². The van der Waals surface area contributed by atoms with Gasteiger partial charge in [-0.3, -0.25) is 19.5 Å². The second kappa shape index (κ2) is 9.25. The Bertz CT molecular complexity index is 1310. The van der Waals surface area contributed by atoms with Crippen molar-refractivity contribution in [3.63, 3.8) is 0 Å². The van der Waals surface area contributed by atoms with Crippen LogP contribution >= 0.6 is 27.5 Å². The van der Waals surface area contributed by atoms with Gasteiger partial charge in [0, 0.05) is 11.1 Å². The molecule has 3 rings (SSSR count). The number of nitro benzene ring substituents is 1. The van der Waals surface area contributed by atoms with Crippen LogP contribution in [0.1, 0.15) is 16.8 Å². The lowest BCUT2D eigenvalue weighted by molar-refractivity contribution is -0.384. The van der Waals surface area contributed by atoms with Crippen LogP contribution in [0, 0.1) is 10.1 Å². The van der Waals surface area contributed by atoms with E-state index in [4.69, 9.17) is 11.6 Å². The Morgan fingerprint density at radius 2 is 1.68 bits per heavy atom. The third-order valence-electron chi connectivity index (χ3n) is 4.40. The molecule has 0 aliphatic heterocycles. The molecule has 0 saturated heterocycles. The Labute approximate surface area is 199 Å². The summed E-state index contributed by atoms with van der Waals surface area (Å²) in [5.74, 6) is -0.779. The Kier molecular flexibility index (Phi) is 6.94. The SMILES string of the molecule is O=c1c(Br)c(C(F)(F)F)nc(Nc2ccc(C(F)(F)F)cc2[N+](=O)[O-])n1Cc1ccc(Cl)cc1. The number of benzene rings is 2. The zero-order valence-corrected chi connectivity index (χ0v) is 18.7. The van der Waals surface area contributed by atoms with Gasteiger partial charge < -0.3 is 5.32 Å². The molecule has 0 aliphatic rings. The number of hydrogen-bond donors (Lipinski definition) is 1. The maximum absolute atomic E-state index is 13.4. The van der Waals surface area contributed by atoms with Crippen molar-refractivity contribution in [2.24, 2.45) is 0 Å². The van der Waals surface area contributed by atoms with E-state index in [0.717, 1.165) is 4.57 Å². The Morgan fingerprint density at radius 3 is 2.21 bits per heavy atom. The number of anilines is 2. The lowest BCUT2D eigenvalue weighted by atomic mass is 10.1. The van der Waals surface area contributed by atoms with Gasteiger partial charge in [0.05, 0.1) is 17.0 Å². The average Bonchev–Trinajstić information content (AvgIpc) is 2.73. The van der Waals surface area contributed by atoms with Crippen molar-refractivity contribution in [2.45, 2.75) is 18.9 Å². The summed E-state index contributed by atoms with van der Waals surface area (Å²) in [5, 5.41) is 13.9. The van der Waals surface area contributed by atoms with Gasteiger partial charge in [-0.05, 0) is 45.8 Å². The highest BCUT2D eigenvalue weighted by Crippen LogP contribution is 2.37. The predicted octanol–water partition coefficient (Wildman–Crippen LogP) is 6.40. The number of hydrogen-bond acceptors (Lipinski definition) is 5. The van der Waals surface area contributed by atoms with E-state index < -0.39 is 55.9 Å². The highest BCUT2D eigenvalue weighted by Gasteiger charge is 2.38. The molecule has 0 fully saturated rings. The van der Waals surface area contributed by atoms with Gasteiger partial charge in [-0.1, -0.05) is 23.7 Å². The first-order chi connectivity index (χ1) is 15.7. The molecule has 34 heavy (non-hydrogen) atoms. The van der Waals surface area contributed by atoms with Gasteiger partial charge in [-0.2, -0.15) is 26.3 Å². The second-order valence-corrected chi connectivity index (χ2v) is 7.95. The molecule has 0 radical (unpaired) electrons. The molecule has 0 unspecified atom stereocenters. The zero-order chi connectivity index (χ0) is 25.4. The van der Waals surface area contributed by atoms with E-state index in [1.54, 1.807) is 0 Å². The predicted molar refractivity (Wildman–Crippen MR) is 113 cm³/mol. The fourth-order valence-corrected chi connectivity index (χ4v) is 3.47. The molecule has 2 aromatic carbocycles. The molecule has 0 saturated carbocycles. The van der Waals surface area contributed by atoms with Crippen LogP contribution in [0.25, 0.3) is 0 Å². The van der Waals surface area contributed by atoms with Crippen molar-refractivity contribution < 1.29 is 31.3 Å². The molecular weight excluding hydrogens is 562 g/mol. The van der Waals surface area contributed by atoms with Crippen LogP contribution in [0.3, 0.4) is 0 Å². The molecule has 180 valence electrons. The van der Waals surface area contributed by atoms with Crippen molar-refractivity contribution in [2.75, 3.05) is 5.32 Å². The number of aromatic nitrogens is 2. The first-order valence-corrected chi connectivity index (χ1v) is 10.1. The second-order valence-electron chi connectivity index (χ2n) is 6.73. The van der Waals surface area contributed by atoms with Crippen LogP contribution in [0.4, 0.5) is 43.7 Å². The topological polar surface area (TPSA) is 90.1 Å². The number of nitro groups is 1. The fraction of sp³-hybridized carbons (Fsp3) is 0.158. The quantitative estimate of drug-likeness (QED) is 0.218.